The standard InChI is InChI=1S/C18H22N3O10P/c1-11(16(24)28-2)20-32(27,31-12-6-4-3-5-7-12)29-10-13-15(23)18(26,30-13)21-9-8-14(22)19-17(21)25/h3-9,11,13,15,23,26H,10H2,1-2H3,(H,20,27)(H,19,22,25)/t11-,13+,15+,18+,32?/m0/s1. The Morgan fingerprint density at radius 1 is 1.34 bits per heavy atom. The molecule has 0 aliphatic carbocycles. The Bertz CT molecular complexity index is 1120. The highest BCUT2D eigenvalue weighted by Crippen LogP contribution is 2.46. The lowest BCUT2D eigenvalue weighted by Gasteiger charge is -2.48. The fourth-order valence-electron chi connectivity index (χ4n) is 2.87. The lowest BCUT2D eigenvalue weighted by Crippen LogP contribution is -2.68. The molecule has 5 atom stereocenters. The van der Waals surface area contributed by atoms with Crippen molar-refractivity contribution in [2.75, 3.05) is 13.7 Å². The van der Waals surface area contributed by atoms with Gasteiger partial charge in [-0.05, 0) is 19.1 Å². The van der Waals surface area contributed by atoms with Gasteiger partial charge in [0.05, 0.1) is 13.7 Å². The van der Waals surface area contributed by atoms with E-state index < -0.39 is 55.7 Å². The molecule has 0 amide bonds. The minimum atomic E-state index is -4.19. The zero-order valence-corrected chi connectivity index (χ0v) is 17.9. The number of esters is 1. The Morgan fingerprint density at radius 3 is 2.62 bits per heavy atom. The maximum absolute atomic E-state index is 13.2. The van der Waals surface area contributed by atoms with Gasteiger partial charge >= 0.3 is 19.4 Å². The minimum Gasteiger partial charge on any atom is -0.468 e. The normalized spacial score (nSPS) is 25.2. The topological polar surface area (TPSA) is 178 Å². The van der Waals surface area contributed by atoms with Crippen LogP contribution >= 0.6 is 7.75 Å². The minimum absolute atomic E-state index is 0.173. The number of para-hydroxylation sites is 1. The highest BCUT2D eigenvalue weighted by Gasteiger charge is 2.57. The van der Waals surface area contributed by atoms with Gasteiger partial charge in [-0.2, -0.15) is 5.09 Å². The van der Waals surface area contributed by atoms with Gasteiger partial charge in [0.15, 0.2) is 6.10 Å². The van der Waals surface area contributed by atoms with Crippen molar-refractivity contribution < 1.29 is 38.1 Å². The van der Waals surface area contributed by atoms with Gasteiger partial charge in [0.1, 0.15) is 17.9 Å². The first-order valence-corrected chi connectivity index (χ1v) is 10.9. The van der Waals surface area contributed by atoms with E-state index in [0.29, 0.717) is 4.57 Å². The van der Waals surface area contributed by atoms with Crippen molar-refractivity contribution in [3.05, 3.63) is 63.4 Å². The number of hydrogen-bond donors (Lipinski definition) is 4. The van der Waals surface area contributed by atoms with E-state index in [1.165, 1.54) is 19.1 Å². The second-order valence-electron chi connectivity index (χ2n) is 6.81. The molecule has 0 spiro atoms. The maximum Gasteiger partial charge on any atom is 0.459 e. The second-order valence-corrected chi connectivity index (χ2v) is 8.51. The van der Waals surface area contributed by atoms with Gasteiger partial charge in [-0.1, -0.05) is 18.2 Å². The van der Waals surface area contributed by atoms with E-state index in [2.05, 4.69) is 9.82 Å². The molecule has 1 aromatic heterocycles. The Hall–Kier alpha value is -2.80. The zero-order chi connectivity index (χ0) is 23.5. The summed E-state index contributed by atoms with van der Waals surface area (Å²) >= 11 is 0. The molecule has 2 aromatic rings. The third kappa shape index (κ3) is 4.99. The number of ether oxygens (including phenoxy) is 2. The number of aromatic nitrogens is 2. The molecule has 13 nitrogen and oxygen atoms in total. The first kappa shape index (κ1) is 23.9. The van der Waals surface area contributed by atoms with Crippen LogP contribution in [0.5, 0.6) is 5.75 Å². The molecule has 1 aliphatic heterocycles. The number of aliphatic hydroxyl groups excluding tert-OH is 1. The lowest BCUT2D eigenvalue weighted by atomic mass is 10.0. The molecule has 0 saturated carbocycles. The molecule has 32 heavy (non-hydrogen) atoms. The van der Waals surface area contributed by atoms with E-state index in [9.17, 15) is 29.2 Å². The summed E-state index contributed by atoms with van der Waals surface area (Å²) in [6, 6.07) is 7.88. The summed E-state index contributed by atoms with van der Waals surface area (Å²) in [5.74, 6) is -3.02. The van der Waals surface area contributed by atoms with Crippen LogP contribution in [-0.2, 0) is 29.3 Å². The summed E-state index contributed by atoms with van der Waals surface area (Å²) in [6.07, 6.45) is -1.96. The highest BCUT2D eigenvalue weighted by atomic mass is 31.2. The molecule has 1 aliphatic rings. The number of nitrogens with zero attached hydrogens (tertiary/aromatic N) is 1. The molecule has 2 heterocycles. The molecule has 4 N–H and O–H groups in total. The molecule has 1 saturated heterocycles. The quantitative estimate of drug-likeness (QED) is 0.267. The van der Waals surface area contributed by atoms with Crippen LogP contribution in [-0.4, -0.2) is 57.7 Å². The van der Waals surface area contributed by atoms with Gasteiger partial charge in [-0.15, -0.1) is 0 Å². The summed E-state index contributed by atoms with van der Waals surface area (Å²) in [7, 11) is -3.04. The van der Waals surface area contributed by atoms with Crippen LogP contribution in [0.2, 0.25) is 0 Å². The van der Waals surface area contributed by atoms with Gasteiger partial charge in [-0.3, -0.25) is 19.1 Å². The van der Waals surface area contributed by atoms with Crippen molar-refractivity contribution in [2.24, 2.45) is 0 Å². The maximum atomic E-state index is 13.2. The van der Waals surface area contributed by atoms with Crippen LogP contribution in [0.3, 0.4) is 0 Å². The zero-order valence-electron chi connectivity index (χ0n) is 17.0. The first-order chi connectivity index (χ1) is 15.1. The van der Waals surface area contributed by atoms with Crippen molar-refractivity contribution in [1.29, 1.82) is 0 Å². The molecule has 1 unspecified atom stereocenters. The van der Waals surface area contributed by atoms with E-state index in [-0.39, 0.29) is 5.75 Å². The number of hydrogen-bond acceptors (Lipinski definition) is 10. The van der Waals surface area contributed by atoms with Crippen molar-refractivity contribution >= 4 is 13.7 Å². The molecule has 1 aromatic carbocycles. The molecule has 174 valence electrons. The molecular weight excluding hydrogens is 449 g/mol. The fourth-order valence-corrected chi connectivity index (χ4v) is 4.37. The average Bonchev–Trinajstić information content (AvgIpc) is 2.76. The molecular formula is C18H22N3O10P. The van der Waals surface area contributed by atoms with Gasteiger partial charge in [-0.25, -0.2) is 13.9 Å². The number of rotatable bonds is 9. The van der Waals surface area contributed by atoms with Crippen LogP contribution in [0.15, 0.2) is 52.2 Å². The Labute approximate surface area is 181 Å². The number of aliphatic hydroxyl groups is 2. The Morgan fingerprint density at radius 2 is 2.03 bits per heavy atom. The van der Waals surface area contributed by atoms with Crippen LogP contribution in [0.25, 0.3) is 0 Å². The van der Waals surface area contributed by atoms with Crippen molar-refractivity contribution in [1.82, 2.24) is 14.6 Å². The molecule has 14 heteroatoms. The molecule has 1 fully saturated rings. The number of aromatic amines is 1. The van der Waals surface area contributed by atoms with Crippen LogP contribution in [0.1, 0.15) is 6.92 Å². The van der Waals surface area contributed by atoms with Gasteiger partial charge in [0.25, 0.3) is 11.5 Å². The van der Waals surface area contributed by atoms with Crippen molar-refractivity contribution in [3.8, 4) is 5.75 Å². The lowest BCUT2D eigenvalue weighted by molar-refractivity contribution is -0.435. The van der Waals surface area contributed by atoms with Crippen molar-refractivity contribution in [2.45, 2.75) is 31.1 Å². The average molecular weight is 471 g/mol. The van der Waals surface area contributed by atoms with E-state index in [0.717, 1.165) is 19.4 Å². The van der Waals surface area contributed by atoms with Gasteiger partial charge in [0, 0.05) is 12.3 Å². The molecule has 0 radical (unpaired) electrons. The molecule has 0 bridgehead atoms. The summed E-state index contributed by atoms with van der Waals surface area (Å²) in [5, 5.41) is 23.2. The fraction of sp³-hybridized carbons (Fsp3) is 0.389. The van der Waals surface area contributed by atoms with Gasteiger partial charge < -0.3 is 24.2 Å². The SMILES string of the molecule is COC(=O)[C@H](C)NP(=O)(OC[C@H]1O[C@@](O)(n2ccc(=O)[nH]c2=O)[C@@H]1O)Oc1ccccc1. The summed E-state index contributed by atoms with van der Waals surface area (Å²) in [4.78, 5) is 36.7. The van der Waals surface area contributed by atoms with Crippen molar-refractivity contribution in [3.63, 3.8) is 0 Å². The first-order valence-electron chi connectivity index (χ1n) is 9.33. The van der Waals surface area contributed by atoms with E-state index in [1.807, 2.05) is 4.98 Å². The van der Waals surface area contributed by atoms with Crippen LogP contribution < -0.4 is 20.9 Å². The number of benzene rings is 1. The highest BCUT2D eigenvalue weighted by molar-refractivity contribution is 7.52. The predicted molar refractivity (Wildman–Crippen MR) is 108 cm³/mol. The Kier molecular flexibility index (Phi) is 6.98. The summed E-state index contributed by atoms with van der Waals surface area (Å²) < 4.78 is 34.3. The third-order valence-electron chi connectivity index (χ3n) is 4.52. The largest absolute Gasteiger partial charge is 0.468 e. The Balaban J connectivity index is 1.72. The van der Waals surface area contributed by atoms with Crippen LogP contribution in [0, 0.1) is 0 Å². The number of H-pyrrole nitrogens is 1. The van der Waals surface area contributed by atoms with Crippen LogP contribution in [0.4, 0.5) is 0 Å². The summed E-state index contributed by atoms with van der Waals surface area (Å²) in [5.41, 5.74) is -1.71. The molecule has 3 rings (SSSR count). The number of carbonyl (C=O) groups is 1. The number of nitrogens with one attached hydrogen (secondary N) is 2. The van der Waals surface area contributed by atoms with E-state index >= 15 is 0 Å². The number of methoxy groups -OCH3 is 1. The monoisotopic (exact) mass is 471 g/mol. The smallest absolute Gasteiger partial charge is 0.459 e. The van der Waals surface area contributed by atoms with Gasteiger partial charge in [0.2, 0.25) is 0 Å². The third-order valence-corrected chi connectivity index (χ3v) is 6.16. The van der Waals surface area contributed by atoms with E-state index in [1.54, 1.807) is 18.2 Å². The second kappa shape index (κ2) is 9.36. The summed E-state index contributed by atoms with van der Waals surface area (Å²) in [6.45, 7) is 0.832. The number of carbonyl (C=O) groups excluding carboxylic acids is 1. The van der Waals surface area contributed by atoms with E-state index in [4.69, 9.17) is 13.8 Å². The predicted octanol–water partition coefficient (Wildman–Crippen LogP) is -0.746.